The van der Waals surface area contributed by atoms with Crippen molar-refractivity contribution in [1.29, 1.82) is 0 Å². The lowest BCUT2D eigenvalue weighted by molar-refractivity contribution is -0.111. The van der Waals surface area contributed by atoms with Crippen molar-refractivity contribution in [3.63, 3.8) is 0 Å². The van der Waals surface area contributed by atoms with E-state index in [0.717, 1.165) is 36.4 Å². The first-order chi connectivity index (χ1) is 13.2. The van der Waals surface area contributed by atoms with Crippen LogP contribution >= 0.6 is 0 Å². The summed E-state index contributed by atoms with van der Waals surface area (Å²) in [5.41, 5.74) is 5.54. The average Bonchev–Trinajstić information content (AvgIpc) is 3.12. The van der Waals surface area contributed by atoms with Crippen molar-refractivity contribution < 1.29 is 4.79 Å². The number of hydrogen-bond acceptors (Lipinski definition) is 3. The minimum Gasteiger partial charge on any atom is -0.365 e. The number of nitrogens with one attached hydrogen (secondary N) is 1. The van der Waals surface area contributed by atoms with Crippen LogP contribution in [-0.4, -0.2) is 22.2 Å². The van der Waals surface area contributed by atoms with Crippen molar-refractivity contribution in [2.75, 3.05) is 16.8 Å². The lowest BCUT2D eigenvalue weighted by Gasteiger charge is -2.32. The van der Waals surface area contributed by atoms with Gasteiger partial charge in [-0.3, -0.25) is 9.48 Å². The summed E-state index contributed by atoms with van der Waals surface area (Å²) in [6.07, 6.45) is 7.91. The Morgan fingerprint density at radius 3 is 2.70 bits per heavy atom. The van der Waals surface area contributed by atoms with E-state index in [9.17, 15) is 4.79 Å². The van der Waals surface area contributed by atoms with E-state index < -0.39 is 0 Å². The largest absolute Gasteiger partial charge is 0.365 e. The van der Waals surface area contributed by atoms with Crippen molar-refractivity contribution in [3.8, 4) is 0 Å². The third-order valence-corrected chi connectivity index (χ3v) is 4.79. The first kappa shape index (κ1) is 17.1. The Balaban J connectivity index is 1.50. The van der Waals surface area contributed by atoms with Crippen LogP contribution in [-0.2, 0) is 24.8 Å². The molecule has 0 unspecified atom stereocenters. The second-order valence-corrected chi connectivity index (χ2v) is 6.73. The van der Waals surface area contributed by atoms with Crippen LogP contribution in [0, 0.1) is 0 Å². The van der Waals surface area contributed by atoms with Crippen molar-refractivity contribution >= 4 is 23.4 Å². The normalized spacial score (nSPS) is 13.6. The van der Waals surface area contributed by atoms with Crippen molar-refractivity contribution in [1.82, 2.24) is 9.78 Å². The molecule has 0 saturated heterocycles. The number of carbonyl (C=O) groups is 1. The van der Waals surface area contributed by atoms with Crippen LogP contribution in [0.3, 0.4) is 0 Å². The summed E-state index contributed by atoms with van der Waals surface area (Å²) in [5, 5.41) is 7.11. The molecule has 0 bridgehead atoms. The fourth-order valence-corrected chi connectivity index (χ4v) is 3.43. The number of aryl methyl sites for hydroxylation is 1. The molecule has 136 valence electrons. The Kier molecular flexibility index (Phi) is 4.75. The molecular formula is C22H22N4O. The maximum absolute atomic E-state index is 12.4. The maximum atomic E-state index is 12.4. The third kappa shape index (κ3) is 3.92. The summed E-state index contributed by atoms with van der Waals surface area (Å²) < 4.78 is 1.71. The molecule has 3 aromatic rings. The van der Waals surface area contributed by atoms with Crippen LogP contribution in [0.2, 0.25) is 0 Å². The first-order valence-corrected chi connectivity index (χ1v) is 9.07. The van der Waals surface area contributed by atoms with Gasteiger partial charge in [-0.25, -0.2) is 0 Å². The fraction of sp³-hybridized carbons (Fsp3) is 0.182. The van der Waals surface area contributed by atoms with Gasteiger partial charge in [0.25, 0.3) is 0 Å². The predicted octanol–water partition coefficient (Wildman–Crippen LogP) is 3.63. The number of benzene rings is 2. The molecule has 4 rings (SSSR count). The lowest BCUT2D eigenvalue weighted by Crippen LogP contribution is -2.31. The number of rotatable bonds is 4. The highest BCUT2D eigenvalue weighted by Gasteiger charge is 2.18. The number of nitrogens with zero attached hydrogens (tertiary/aromatic N) is 3. The van der Waals surface area contributed by atoms with Crippen molar-refractivity contribution in [3.05, 3.63) is 83.7 Å². The molecule has 5 nitrogen and oxygen atoms in total. The Morgan fingerprint density at radius 1 is 1.11 bits per heavy atom. The van der Waals surface area contributed by atoms with E-state index >= 15 is 0 Å². The van der Waals surface area contributed by atoms with E-state index in [2.05, 4.69) is 45.6 Å². The van der Waals surface area contributed by atoms with Gasteiger partial charge in [-0.2, -0.15) is 5.10 Å². The topological polar surface area (TPSA) is 50.2 Å². The molecule has 1 aliphatic heterocycles. The summed E-state index contributed by atoms with van der Waals surface area (Å²) in [7, 11) is 1.85. The van der Waals surface area contributed by atoms with E-state index in [-0.39, 0.29) is 5.91 Å². The molecule has 5 heteroatoms. The van der Waals surface area contributed by atoms with E-state index in [1.54, 1.807) is 23.0 Å². The number of fused-ring (bicyclic) bond motifs is 1. The molecule has 0 aliphatic carbocycles. The van der Waals surface area contributed by atoms with Crippen LogP contribution in [0.4, 0.5) is 11.4 Å². The number of hydrogen-bond donors (Lipinski definition) is 1. The molecule has 1 N–H and O–H groups in total. The highest BCUT2D eigenvalue weighted by molar-refractivity contribution is 6.03. The molecule has 2 aromatic carbocycles. The number of anilines is 2. The van der Waals surface area contributed by atoms with Crippen LogP contribution in [0.15, 0.2) is 67.0 Å². The van der Waals surface area contributed by atoms with Crippen LogP contribution in [0.5, 0.6) is 0 Å². The summed E-state index contributed by atoms with van der Waals surface area (Å²) in [6.45, 7) is 1.80. The molecular weight excluding hydrogens is 336 g/mol. The van der Waals surface area contributed by atoms with Gasteiger partial charge in [-0.05, 0) is 35.8 Å². The lowest BCUT2D eigenvalue weighted by atomic mass is 9.99. The van der Waals surface area contributed by atoms with Gasteiger partial charge < -0.3 is 10.2 Å². The summed E-state index contributed by atoms with van der Waals surface area (Å²) in [5.74, 6) is -0.149. The minimum absolute atomic E-state index is 0.149. The summed E-state index contributed by atoms with van der Waals surface area (Å²) >= 11 is 0. The SMILES string of the molecule is Cn1cc(/C=C/C(=O)Nc2ccccc2N2CCc3ccccc3C2)cn1. The number of carbonyl (C=O) groups excluding carboxylic acids is 1. The molecule has 27 heavy (non-hydrogen) atoms. The molecule has 1 aromatic heterocycles. The Hall–Kier alpha value is -3.34. The van der Waals surface area contributed by atoms with Gasteiger partial charge in [-0.15, -0.1) is 0 Å². The second-order valence-electron chi connectivity index (χ2n) is 6.73. The highest BCUT2D eigenvalue weighted by atomic mass is 16.1. The summed E-state index contributed by atoms with van der Waals surface area (Å²) in [4.78, 5) is 14.7. The minimum atomic E-state index is -0.149. The van der Waals surface area contributed by atoms with Gasteiger partial charge in [0.2, 0.25) is 5.91 Å². The zero-order valence-corrected chi connectivity index (χ0v) is 15.3. The van der Waals surface area contributed by atoms with Crippen LogP contribution in [0.1, 0.15) is 16.7 Å². The predicted molar refractivity (Wildman–Crippen MR) is 109 cm³/mol. The number of aromatic nitrogens is 2. The van der Waals surface area contributed by atoms with E-state index in [4.69, 9.17) is 0 Å². The monoisotopic (exact) mass is 358 g/mol. The zero-order valence-electron chi connectivity index (χ0n) is 15.3. The Bertz CT molecular complexity index is 989. The van der Waals surface area contributed by atoms with Crippen LogP contribution < -0.4 is 10.2 Å². The van der Waals surface area contributed by atoms with E-state index in [1.807, 2.05) is 31.4 Å². The van der Waals surface area contributed by atoms with Crippen molar-refractivity contribution in [2.45, 2.75) is 13.0 Å². The molecule has 0 radical (unpaired) electrons. The molecule has 1 amide bonds. The maximum Gasteiger partial charge on any atom is 0.248 e. The van der Waals surface area contributed by atoms with Gasteiger partial charge in [0.1, 0.15) is 0 Å². The van der Waals surface area contributed by atoms with Crippen LogP contribution in [0.25, 0.3) is 6.08 Å². The quantitative estimate of drug-likeness (QED) is 0.725. The second kappa shape index (κ2) is 7.50. The third-order valence-electron chi connectivity index (χ3n) is 4.79. The first-order valence-electron chi connectivity index (χ1n) is 9.07. The van der Waals surface area contributed by atoms with Gasteiger partial charge in [0.05, 0.1) is 17.6 Å². The Morgan fingerprint density at radius 2 is 1.89 bits per heavy atom. The number of amides is 1. The Labute approximate surface area is 158 Å². The van der Waals surface area contributed by atoms with Gasteiger partial charge >= 0.3 is 0 Å². The van der Waals surface area contributed by atoms with Crippen molar-refractivity contribution in [2.24, 2.45) is 7.05 Å². The molecule has 0 fully saturated rings. The smallest absolute Gasteiger partial charge is 0.248 e. The summed E-state index contributed by atoms with van der Waals surface area (Å²) in [6, 6.07) is 16.5. The molecule has 2 heterocycles. The molecule has 0 atom stereocenters. The molecule has 1 aliphatic rings. The fourth-order valence-electron chi connectivity index (χ4n) is 3.43. The highest BCUT2D eigenvalue weighted by Crippen LogP contribution is 2.30. The van der Waals surface area contributed by atoms with E-state index in [1.165, 1.54) is 11.1 Å². The van der Waals surface area contributed by atoms with E-state index in [0.29, 0.717) is 0 Å². The van der Waals surface area contributed by atoms with Gasteiger partial charge in [-0.1, -0.05) is 36.4 Å². The van der Waals surface area contributed by atoms with Gasteiger partial charge in [0.15, 0.2) is 0 Å². The zero-order chi connectivity index (χ0) is 18.6. The molecule has 0 saturated carbocycles. The standard InChI is InChI=1S/C22H22N4O/c1-25-15-17(14-23-25)10-11-22(27)24-20-8-4-5-9-21(20)26-13-12-18-6-2-3-7-19(18)16-26/h2-11,14-15H,12-13,16H2,1H3,(H,24,27)/b11-10+. The molecule has 0 spiro atoms. The number of para-hydroxylation sites is 2. The van der Waals surface area contributed by atoms with Gasteiger partial charge in [0, 0.05) is 38.0 Å². The average molecular weight is 358 g/mol.